The number of fused-ring (bicyclic) bond motifs is 5. The second kappa shape index (κ2) is 8.03. The Morgan fingerprint density at radius 2 is 1.77 bits per heavy atom. The summed E-state index contributed by atoms with van der Waals surface area (Å²) in [7, 11) is 1.45. The summed E-state index contributed by atoms with van der Waals surface area (Å²) in [6.07, 6.45) is 5.09. The Morgan fingerprint density at radius 1 is 1.10 bits per heavy atom. The number of hydrogen-bond acceptors (Lipinski definition) is 4. The highest BCUT2D eigenvalue weighted by Crippen LogP contribution is 2.68. The number of aliphatic hydroxyl groups excluding tert-OH is 2. The summed E-state index contributed by atoms with van der Waals surface area (Å²) in [5.74, 6) is 2.17. The average Bonchev–Trinajstić information content (AvgIpc) is 3.05. The van der Waals surface area contributed by atoms with E-state index in [1.165, 1.54) is 7.11 Å². The molecule has 4 fully saturated rings. The highest BCUT2D eigenvalue weighted by atomic mass is 19.1. The zero-order valence-electron chi connectivity index (χ0n) is 19.1. The van der Waals surface area contributed by atoms with Crippen molar-refractivity contribution < 1.29 is 24.1 Å². The molecule has 0 radical (unpaired) electrons. The van der Waals surface area contributed by atoms with Crippen molar-refractivity contribution >= 4 is 5.97 Å². The van der Waals surface area contributed by atoms with Crippen molar-refractivity contribution in [2.75, 3.05) is 7.11 Å². The van der Waals surface area contributed by atoms with E-state index in [2.05, 4.69) is 20.8 Å². The maximum Gasteiger partial charge on any atom is 0.305 e. The van der Waals surface area contributed by atoms with Crippen molar-refractivity contribution in [2.45, 2.75) is 96.9 Å². The molecule has 0 aliphatic heterocycles. The van der Waals surface area contributed by atoms with Crippen molar-refractivity contribution in [1.29, 1.82) is 0 Å². The molecule has 4 saturated carbocycles. The summed E-state index contributed by atoms with van der Waals surface area (Å²) < 4.78 is 19.4. The molecule has 0 aromatic rings. The first kappa shape index (κ1) is 22.5. The molecule has 0 amide bonds. The molecule has 0 saturated heterocycles. The van der Waals surface area contributed by atoms with Gasteiger partial charge < -0.3 is 14.9 Å². The standard InChI is InChI=1S/C25H41FO4/c1-14(5-8-22(29)30-4)16-6-7-17-23-18(9-10-24(16,17)2)25(3)13-19(26)20(27)11-15(25)12-21(23)28/h14-21,23,27-28H,5-13H2,1-4H3/t14-,15+,16-,17+,18+,19-,20-,21+,23+,24-,25+/m1/s1. The van der Waals surface area contributed by atoms with E-state index in [1.807, 2.05) is 0 Å². The largest absolute Gasteiger partial charge is 0.469 e. The van der Waals surface area contributed by atoms with E-state index in [4.69, 9.17) is 4.74 Å². The molecule has 172 valence electrons. The lowest BCUT2D eigenvalue weighted by molar-refractivity contribution is -0.186. The van der Waals surface area contributed by atoms with Gasteiger partial charge in [0.15, 0.2) is 0 Å². The van der Waals surface area contributed by atoms with Crippen LogP contribution in [-0.4, -0.2) is 41.7 Å². The van der Waals surface area contributed by atoms with E-state index in [9.17, 15) is 19.4 Å². The lowest BCUT2D eigenvalue weighted by atomic mass is 9.43. The van der Waals surface area contributed by atoms with Crippen LogP contribution in [0, 0.1) is 46.3 Å². The SMILES string of the molecule is COC(=O)CC[C@@H](C)[C@H]1CC[C@H]2[C@@H]3[C@@H](O)C[C@@H]4C[C@@H](O)[C@H](F)C[C@]4(C)[C@H]3CC[C@]12C. The topological polar surface area (TPSA) is 66.8 Å². The van der Waals surface area contributed by atoms with Gasteiger partial charge in [0.2, 0.25) is 0 Å². The van der Waals surface area contributed by atoms with Gasteiger partial charge in [-0.25, -0.2) is 4.39 Å². The van der Waals surface area contributed by atoms with Gasteiger partial charge in [-0.1, -0.05) is 20.8 Å². The molecule has 11 atom stereocenters. The van der Waals surface area contributed by atoms with Gasteiger partial charge in [-0.2, -0.15) is 0 Å². The van der Waals surface area contributed by atoms with E-state index in [1.54, 1.807) is 0 Å². The molecule has 0 spiro atoms. The first-order valence-electron chi connectivity index (χ1n) is 12.2. The van der Waals surface area contributed by atoms with Gasteiger partial charge in [0.05, 0.1) is 19.3 Å². The Kier molecular flexibility index (Phi) is 6.02. The van der Waals surface area contributed by atoms with Gasteiger partial charge in [-0.05, 0) is 97.7 Å². The summed E-state index contributed by atoms with van der Waals surface area (Å²) >= 11 is 0. The zero-order chi connectivity index (χ0) is 21.8. The molecule has 4 aliphatic carbocycles. The molecule has 0 unspecified atom stereocenters. The van der Waals surface area contributed by atoms with Crippen molar-refractivity contribution in [1.82, 2.24) is 0 Å². The number of carbonyl (C=O) groups is 1. The van der Waals surface area contributed by atoms with Gasteiger partial charge >= 0.3 is 5.97 Å². The van der Waals surface area contributed by atoms with Gasteiger partial charge in [0.1, 0.15) is 6.17 Å². The maximum absolute atomic E-state index is 14.6. The number of carbonyl (C=O) groups excluding carboxylic acids is 1. The fourth-order valence-corrected chi connectivity index (χ4v) is 8.82. The van der Waals surface area contributed by atoms with Crippen LogP contribution in [0.15, 0.2) is 0 Å². The van der Waals surface area contributed by atoms with E-state index in [0.717, 1.165) is 32.1 Å². The predicted molar refractivity (Wildman–Crippen MR) is 113 cm³/mol. The zero-order valence-corrected chi connectivity index (χ0v) is 19.1. The van der Waals surface area contributed by atoms with E-state index < -0.39 is 12.3 Å². The van der Waals surface area contributed by atoms with Crippen LogP contribution in [0.3, 0.4) is 0 Å². The van der Waals surface area contributed by atoms with Gasteiger partial charge in [-0.3, -0.25) is 4.79 Å². The van der Waals surface area contributed by atoms with Gasteiger partial charge in [0, 0.05) is 6.42 Å². The number of aliphatic hydroxyl groups is 2. The highest BCUT2D eigenvalue weighted by Gasteiger charge is 2.63. The Balaban J connectivity index is 1.54. The van der Waals surface area contributed by atoms with Crippen LogP contribution in [0.1, 0.15) is 78.6 Å². The smallest absolute Gasteiger partial charge is 0.305 e. The maximum atomic E-state index is 14.6. The fourth-order valence-electron chi connectivity index (χ4n) is 8.82. The first-order chi connectivity index (χ1) is 14.1. The van der Waals surface area contributed by atoms with E-state index in [-0.39, 0.29) is 34.7 Å². The van der Waals surface area contributed by atoms with Crippen molar-refractivity contribution in [3.8, 4) is 0 Å². The van der Waals surface area contributed by atoms with Gasteiger partial charge in [0.25, 0.3) is 0 Å². The third-order valence-electron chi connectivity index (χ3n) is 10.5. The molecular weight excluding hydrogens is 383 g/mol. The van der Waals surface area contributed by atoms with Crippen LogP contribution in [-0.2, 0) is 9.53 Å². The van der Waals surface area contributed by atoms with Crippen LogP contribution in [0.5, 0.6) is 0 Å². The summed E-state index contributed by atoms with van der Waals surface area (Å²) in [5, 5.41) is 21.4. The fraction of sp³-hybridized carbons (Fsp3) is 0.960. The Morgan fingerprint density at radius 3 is 2.47 bits per heavy atom. The summed E-state index contributed by atoms with van der Waals surface area (Å²) in [6.45, 7) is 6.94. The number of halogens is 1. The monoisotopic (exact) mass is 424 g/mol. The molecule has 4 rings (SSSR count). The van der Waals surface area contributed by atoms with Crippen LogP contribution in [0.2, 0.25) is 0 Å². The van der Waals surface area contributed by atoms with Crippen molar-refractivity contribution in [3.63, 3.8) is 0 Å². The Labute approximate surface area is 181 Å². The summed E-state index contributed by atoms with van der Waals surface area (Å²) in [6, 6.07) is 0. The van der Waals surface area contributed by atoms with Crippen molar-refractivity contribution in [3.05, 3.63) is 0 Å². The summed E-state index contributed by atoms with van der Waals surface area (Å²) in [5.41, 5.74) is 0.0721. The molecule has 30 heavy (non-hydrogen) atoms. The number of methoxy groups -OCH3 is 1. The number of ether oxygens (including phenoxy) is 1. The number of esters is 1. The molecular formula is C25H41FO4. The summed E-state index contributed by atoms with van der Waals surface area (Å²) in [4.78, 5) is 11.6. The first-order valence-corrected chi connectivity index (χ1v) is 12.2. The van der Waals surface area contributed by atoms with E-state index >= 15 is 0 Å². The van der Waals surface area contributed by atoms with Crippen LogP contribution < -0.4 is 0 Å². The predicted octanol–water partition coefficient (Wildman–Crippen LogP) is 4.51. The lowest BCUT2D eigenvalue weighted by Crippen LogP contribution is -2.60. The normalized spacial score (nSPS) is 51.4. The second-order valence-corrected chi connectivity index (χ2v) is 11.6. The number of hydrogen-bond donors (Lipinski definition) is 2. The second-order valence-electron chi connectivity index (χ2n) is 11.6. The molecule has 0 heterocycles. The Hall–Kier alpha value is -0.680. The highest BCUT2D eigenvalue weighted by molar-refractivity contribution is 5.69. The molecule has 0 bridgehead atoms. The van der Waals surface area contributed by atoms with Crippen molar-refractivity contribution in [2.24, 2.45) is 46.3 Å². The molecule has 2 N–H and O–H groups in total. The minimum atomic E-state index is -1.13. The van der Waals surface area contributed by atoms with Gasteiger partial charge in [-0.15, -0.1) is 0 Å². The molecule has 4 aliphatic rings. The minimum Gasteiger partial charge on any atom is -0.469 e. The molecule has 5 heteroatoms. The molecule has 0 aromatic heterocycles. The van der Waals surface area contributed by atoms with Crippen LogP contribution in [0.25, 0.3) is 0 Å². The molecule has 4 nitrogen and oxygen atoms in total. The minimum absolute atomic E-state index is 0.113. The quantitative estimate of drug-likeness (QED) is 0.652. The van der Waals surface area contributed by atoms with Crippen LogP contribution in [0.4, 0.5) is 4.39 Å². The Bertz CT molecular complexity index is 655. The lowest BCUT2D eigenvalue weighted by Gasteiger charge is -2.62. The number of rotatable bonds is 4. The number of alkyl halides is 1. The van der Waals surface area contributed by atoms with Crippen LogP contribution >= 0.6 is 0 Å². The average molecular weight is 425 g/mol. The third-order valence-corrected chi connectivity index (χ3v) is 10.5. The third kappa shape index (κ3) is 3.43. The van der Waals surface area contributed by atoms with E-state index in [0.29, 0.717) is 49.4 Å². The molecule has 0 aromatic carbocycles.